The highest BCUT2D eigenvalue weighted by atomic mass is 32.1. The van der Waals surface area contributed by atoms with Gasteiger partial charge in [-0.15, -0.1) is 11.3 Å². The molecule has 2 N–H and O–H groups in total. The molecule has 2 heterocycles. The van der Waals surface area contributed by atoms with Crippen LogP contribution < -0.4 is 5.73 Å². The van der Waals surface area contributed by atoms with Crippen LogP contribution in [0.3, 0.4) is 0 Å². The molecule has 1 atom stereocenters. The third-order valence-electron chi connectivity index (χ3n) is 4.70. The number of nitrogens with two attached hydrogens (primary N) is 1. The summed E-state index contributed by atoms with van der Waals surface area (Å²) in [5.74, 6) is 0.981. The third-order valence-corrected chi connectivity index (χ3v) is 5.58. The number of hydrogen-bond acceptors (Lipinski definition) is 4. The zero-order valence-corrected chi connectivity index (χ0v) is 14.1. The van der Waals surface area contributed by atoms with Crippen molar-refractivity contribution in [2.45, 2.75) is 40.0 Å². The summed E-state index contributed by atoms with van der Waals surface area (Å²) >= 11 is 1.66. The van der Waals surface area contributed by atoms with E-state index in [-0.39, 0.29) is 5.41 Å². The van der Waals surface area contributed by atoms with Crippen LogP contribution in [0.2, 0.25) is 0 Å². The number of hydrogen-bond donors (Lipinski definition) is 1. The van der Waals surface area contributed by atoms with Crippen LogP contribution in [0.15, 0.2) is 17.5 Å². The van der Waals surface area contributed by atoms with Crippen molar-refractivity contribution in [3.05, 3.63) is 34.3 Å². The van der Waals surface area contributed by atoms with E-state index in [9.17, 15) is 5.26 Å². The third kappa shape index (κ3) is 2.50. The van der Waals surface area contributed by atoms with E-state index in [4.69, 9.17) is 5.73 Å². The molecule has 0 saturated carbocycles. The topological polar surface area (TPSA) is 62.7 Å². The minimum Gasteiger partial charge on any atom is -0.383 e. The second-order valence-electron chi connectivity index (χ2n) is 7.07. The maximum Gasteiger partial charge on any atom is 0.142 e. The van der Waals surface area contributed by atoms with Gasteiger partial charge < -0.3 is 5.73 Å². The Labute approximate surface area is 135 Å². The molecule has 2 aromatic rings. The molecule has 0 aromatic carbocycles. The zero-order valence-electron chi connectivity index (χ0n) is 13.3. The summed E-state index contributed by atoms with van der Waals surface area (Å²) in [6, 6.07) is 6.37. The molecule has 0 fully saturated rings. The van der Waals surface area contributed by atoms with Gasteiger partial charge in [-0.05, 0) is 47.6 Å². The van der Waals surface area contributed by atoms with Crippen molar-refractivity contribution < 1.29 is 0 Å². The second kappa shape index (κ2) is 5.40. The molecule has 1 aliphatic carbocycles. The molecule has 0 radical (unpaired) electrons. The van der Waals surface area contributed by atoms with E-state index < -0.39 is 0 Å². The van der Waals surface area contributed by atoms with Crippen molar-refractivity contribution >= 4 is 17.2 Å². The largest absolute Gasteiger partial charge is 0.383 e. The average Bonchev–Trinajstić information content (AvgIpc) is 2.98. The Morgan fingerprint density at radius 1 is 1.41 bits per heavy atom. The molecule has 0 amide bonds. The van der Waals surface area contributed by atoms with Crippen LogP contribution in [-0.4, -0.2) is 4.98 Å². The Morgan fingerprint density at radius 3 is 2.77 bits per heavy atom. The second-order valence-corrected chi connectivity index (χ2v) is 8.01. The SMILES string of the molecule is CC(C)(C)C1CCc2nc(N)c(C#N)c(-c3cccs3)c2C1. The molecule has 1 aliphatic rings. The number of aromatic nitrogens is 1. The van der Waals surface area contributed by atoms with Gasteiger partial charge in [0.1, 0.15) is 17.5 Å². The van der Waals surface area contributed by atoms with Gasteiger partial charge in [-0.2, -0.15) is 5.26 Å². The number of nitriles is 1. The first kappa shape index (κ1) is 15.1. The fourth-order valence-electron chi connectivity index (χ4n) is 3.32. The highest BCUT2D eigenvalue weighted by molar-refractivity contribution is 7.13. The molecular weight excluding hydrogens is 290 g/mol. The fraction of sp³-hybridized carbons (Fsp3) is 0.444. The normalized spacial score (nSPS) is 17.8. The molecule has 0 spiro atoms. The number of anilines is 1. The molecule has 0 saturated heterocycles. The Hall–Kier alpha value is -1.86. The van der Waals surface area contributed by atoms with Gasteiger partial charge in [-0.3, -0.25) is 0 Å². The maximum atomic E-state index is 9.56. The van der Waals surface area contributed by atoms with E-state index in [2.05, 4.69) is 37.9 Å². The summed E-state index contributed by atoms with van der Waals surface area (Å²) in [4.78, 5) is 5.65. The molecule has 3 nitrogen and oxygen atoms in total. The summed E-state index contributed by atoms with van der Waals surface area (Å²) in [5.41, 5.74) is 10.2. The Kier molecular flexibility index (Phi) is 3.70. The highest BCUT2D eigenvalue weighted by Gasteiger charge is 2.32. The average molecular weight is 311 g/mol. The lowest BCUT2D eigenvalue weighted by Gasteiger charge is -2.35. The first-order valence-corrected chi connectivity index (χ1v) is 8.55. The number of aryl methyl sites for hydroxylation is 1. The van der Waals surface area contributed by atoms with Gasteiger partial charge in [0.2, 0.25) is 0 Å². The molecular formula is C18H21N3S. The Morgan fingerprint density at radius 2 is 2.18 bits per heavy atom. The molecule has 1 unspecified atom stereocenters. The van der Waals surface area contributed by atoms with Crippen molar-refractivity contribution in [2.24, 2.45) is 11.3 Å². The summed E-state index contributed by atoms with van der Waals surface area (Å²) in [6.07, 6.45) is 3.07. The van der Waals surface area contributed by atoms with Crippen molar-refractivity contribution in [1.82, 2.24) is 4.98 Å². The van der Waals surface area contributed by atoms with E-state index in [1.807, 2.05) is 11.4 Å². The lowest BCUT2D eigenvalue weighted by molar-refractivity contribution is 0.215. The Bertz CT molecular complexity index is 733. The molecule has 4 heteroatoms. The predicted octanol–water partition coefficient (Wildman–Crippen LogP) is 4.41. The number of fused-ring (bicyclic) bond motifs is 1. The maximum absolute atomic E-state index is 9.56. The van der Waals surface area contributed by atoms with Crippen molar-refractivity contribution in [2.75, 3.05) is 5.73 Å². The van der Waals surface area contributed by atoms with E-state index in [1.54, 1.807) is 11.3 Å². The number of rotatable bonds is 1. The smallest absolute Gasteiger partial charge is 0.142 e. The summed E-state index contributed by atoms with van der Waals surface area (Å²) in [5, 5.41) is 11.6. The lowest BCUT2D eigenvalue weighted by atomic mass is 9.70. The highest BCUT2D eigenvalue weighted by Crippen LogP contribution is 2.43. The standard InChI is InChI=1S/C18H21N3S/c1-18(2,3)11-6-7-14-12(9-11)16(15-5-4-8-22-15)13(10-19)17(20)21-14/h4-5,8,11H,6-7,9H2,1-3H3,(H2,20,21). The molecule has 114 valence electrons. The number of pyridine rings is 1. The van der Waals surface area contributed by atoms with E-state index in [0.717, 1.165) is 35.4 Å². The number of nitrogens with zero attached hydrogens (tertiary/aromatic N) is 2. The molecule has 0 aliphatic heterocycles. The first-order valence-electron chi connectivity index (χ1n) is 7.67. The summed E-state index contributed by atoms with van der Waals surface area (Å²) in [6.45, 7) is 6.89. The van der Waals surface area contributed by atoms with E-state index in [1.165, 1.54) is 5.56 Å². The monoisotopic (exact) mass is 311 g/mol. The van der Waals surface area contributed by atoms with Gasteiger partial charge in [0.25, 0.3) is 0 Å². The van der Waals surface area contributed by atoms with E-state index >= 15 is 0 Å². The first-order chi connectivity index (χ1) is 10.4. The van der Waals surface area contributed by atoms with E-state index in [0.29, 0.717) is 17.3 Å². The minimum atomic E-state index is 0.263. The van der Waals surface area contributed by atoms with Gasteiger partial charge in [-0.25, -0.2) is 4.98 Å². The zero-order chi connectivity index (χ0) is 15.9. The van der Waals surface area contributed by atoms with Crippen LogP contribution >= 0.6 is 11.3 Å². The predicted molar refractivity (Wildman–Crippen MR) is 91.6 cm³/mol. The molecule has 2 aromatic heterocycles. The summed E-state index contributed by atoms with van der Waals surface area (Å²) in [7, 11) is 0. The Balaban J connectivity index is 2.20. The van der Waals surface area contributed by atoms with Gasteiger partial charge >= 0.3 is 0 Å². The van der Waals surface area contributed by atoms with Crippen LogP contribution in [0.5, 0.6) is 0 Å². The van der Waals surface area contributed by atoms with Gasteiger partial charge in [-0.1, -0.05) is 26.8 Å². The summed E-state index contributed by atoms with van der Waals surface area (Å²) < 4.78 is 0. The quantitative estimate of drug-likeness (QED) is 0.848. The number of nitrogen functional groups attached to an aromatic ring is 1. The van der Waals surface area contributed by atoms with Crippen molar-refractivity contribution in [1.29, 1.82) is 5.26 Å². The van der Waals surface area contributed by atoms with Gasteiger partial charge in [0.05, 0.1) is 0 Å². The van der Waals surface area contributed by atoms with Crippen LogP contribution in [0.4, 0.5) is 5.82 Å². The van der Waals surface area contributed by atoms with Crippen LogP contribution in [0, 0.1) is 22.7 Å². The van der Waals surface area contributed by atoms with Crippen LogP contribution in [0.1, 0.15) is 44.0 Å². The molecule has 0 bridgehead atoms. The van der Waals surface area contributed by atoms with Crippen molar-refractivity contribution in [3.63, 3.8) is 0 Å². The van der Waals surface area contributed by atoms with Gasteiger partial charge in [0.15, 0.2) is 0 Å². The number of thiophene rings is 1. The fourth-order valence-corrected chi connectivity index (χ4v) is 4.13. The van der Waals surface area contributed by atoms with Crippen LogP contribution in [-0.2, 0) is 12.8 Å². The molecule has 3 rings (SSSR count). The van der Waals surface area contributed by atoms with Crippen molar-refractivity contribution in [3.8, 4) is 16.5 Å². The van der Waals surface area contributed by atoms with Gasteiger partial charge in [0, 0.05) is 16.1 Å². The van der Waals surface area contributed by atoms with Crippen LogP contribution in [0.25, 0.3) is 10.4 Å². The lowest BCUT2D eigenvalue weighted by Crippen LogP contribution is -2.28. The molecule has 22 heavy (non-hydrogen) atoms. The minimum absolute atomic E-state index is 0.263.